The smallest absolute Gasteiger partial charge is 0.292 e. The van der Waals surface area contributed by atoms with E-state index in [1.807, 2.05) is 0 Å². The molecule has 74 valence electrons. The molecule has 14 heavy (non-hydrogen) atoms. The molecule has 0 aromatic heterocycles. The highest BCUT2D eigenvalue weighted by molar-refractivity contribution is 7.81. The molecule has 0 saturated carbocycles. The SMILES string of the molecule is O=C(CS)Nc1ccccc1[N+](=O)[O-]. The van der Waals surface area contributed by atoms with Gasteiger partial charge in [0.15, 0.2) is 0 Å². The van der Waals surface area contributed by atoms with Crippen LogP contribution >= 0.6 is 12.6 Å². The number of carbonyl (C=O) groups excluding carboxylic acids is 1. The zero-order valence-electron chi connectivity index (χ0n) is 7.14. The largest absolute Gasteiger partial charge is 0.320 e. The van der Waals surface area contributed by atoms with Crippen molar-refractivity contribution in [2.45, 2.75) is 0 Å². The van der Waals surface area contributed by atoms with Crippen molar-refractivity contribution < 1.29 is 9.72 Å². The third kappa shape index (κ3) is 2.46. The molecule has 0 aliphatic heterocycles. The lowest BCUT2D eigenvalue weighted by atomic mass is 10.2. The van der Waals surface area contributed by atoms with Crippen molar-refractivity contribution in [1.29, 1.82) is 0 Å². The fourth-order valence-electron chi connectivity index (χ4n) is 0.928. The number of thiol groups is 1. The summed E-state index contributed by atoms with van der Waals surface area (Å²) in [5.74, 6) is -0.380. The number of anilines is 1. The van der Waals surface area contributed by atoms with Gasteiger partial charge in [-0.25, -0.2) is 0 Å². The Bertz CT molecular complexity index is 367. The lowest BCUT2D eigenvalue weighted by Gasteiger charge is -2.02. The number of nitro groups is 1. The zero-order chi connectivity index (χ0) is 10.6. The second-order valence-corrected chi connectivity index (χ2v) is 2.80. The Kier molecular flexibility index (Phi) is 3.47. The van der Waals surface area contributed by atoms with E-state index in [4.69, 9.17) is 0 Å². The van der Waals surface area contributed by atoms with Crippen LogP contribution in [0.3, 0.4) is 0 Å². The minimum absolute atomic E-state index is 0.00789. The summed E-state index contributed by atoms with van der Waals surface area (Å²) in [6.07, 6.45) is 0. The van der Waals surface area contributed by atoms with E-state index in [9.17, 15) is 14.9 Å². The summed E-state index contributed by atoms with van der Waals surface area (Å²) < 4.78 is 0. The van der Waals surface area contributed by atoms with Crippen molar-refractivity contribution in [3.63, 3.8) is 0 Å². The average Bonchev–Trinajstić information content (AvgIpc) is 2.18. The number of amides is 1. The van der Waals surface area contributed by atoms with Crippen molar-refractivity contribution >= 4 is 29.9 Å². The molecule has 0 heterocycles. The minimum Gasteiger partial charge on any atom is -0.320 e. The highest BCUT2D eigenvalue weighted by Crippen LogP contribution is 2.22. The molecule has 1 N–H and O–H groups in total. The Hall–Kier alpha value is -1.56. The van der Waals surface area contributed by atoms with Gasteiger partial charge in [0.1, 0.15) is 5.69 Å². The van der Waals surface area contributed by atoms with Gasteiger partial charge in [0.25, 0.3) is 5.69 Å². The molecule has 0 fully saturated rings. The number of para-hydroxylation sites is 2. The van der Waals surface area contributed by atoms with E-state index in [-0.39, 0.29) is 23.0 Å². The summed E-state index contributed by atoms with van der Waals surface area (Å²) in [7, 11) is 0. The van der Waals surface area contributed by atoms with E-state index in [2.05, 4.69) is 17.9 Å². The van der Waals surface area contributed by atoms with Crippen molar-refractivity contribution in [3.05, 3.63) is 34.4 Å². The first-order chi connectivity index (χ1) is 6.65. The van der Waals surface area contributed by atoms with Gasteiger partial charge in [-0.05, 0) is 6.07 Å². The third-order valence-electron chi connectivity index (χ3n) is 1.52. The second-order valence-electron chi connectivity index (χ2n) is 2.48. The molecular formula is C8H8N2O3S. The predicted octanol–water partition coefficient (Wildman–Crippen LogP) is 1.46. The summed E-state index contributed by atoms with van der Waals surface area (Å²) in [6, 6.07) is 5.95. The van der Waals surface area contributed by atoms with Gasteiger partial charge in [-0.3, -0.25) is 14.9 Å². The van der Waals surface area contributed by atoms with Crippen molar-refractivity contribution in [1.82, 2.24) is 0 Å². The van der Waals surface area contributed by atoms with Crippen LogP contribution in [-0.2, 0) is 4.79 Å². The molecule has 1 rings (SSSR count). The van der Waals surface area contributed by atoms with E-state index >= 15 is 0 Å². The molecule has 0 unspecified atom stereocenters. The number of carbonyl (C=O) groups is 1. The van der Waals surface area contributed by atoms with Crippen LogP contribution in [0.15, 0.2) is 24.3 Å². The van der Waals surface area contributed by atoms with Gasteiger partial charge in [0.05, 0.1) is 10.7 Å². The molecule has 1 amide bonds. The van der Waals surface area contributed by atoms with E-state index < -0.39 is 4.92 Å². The van der Waals surface area contributed by atoms with Gasteiger partial charge in [-0.15, -0.1) is 0 Å². The molecule has 0 aliphatic rings. The van der Waals surface area contributed by atoms with Crippen LogP contribution in [0.1, 0.15) is 0 Å². The van der Waals surface area contributed by atoms with Crippen LogP contribution in [0.4, 0.5) is 11.4 Å². The van der Waals surface area contributed by atoms with E-state index in [0.29, 0.717) is 0 Å². The normalized spacial score (nSPS) is 9.50. The number of hydrogen-bond donors (Lipinski definition) is 2. The standard InChI is InChI=1S/C8H8N2O3S/c11-8(5-14)9-6-3-1-2-4-7(6)10(12)13/h1-4,14H,5H2,(H,9,11). The molecule has 6 heteroatoms. The molecule has 1 aromatic rings. The first kappa shape index (κ1) is 10.5. The summed E-state index contributed by atoms with van der Waals surface area (Å²) in [6.45, 7) is 0. The maximum Gasteiger partial charge on any atom is 0.292 e. The van der Waals surface area contributed by atoms with Crippen LogP contribution < -0.4 is 5.32 Å². The highest BCUT2D eigenvalue weighted by atomic mass is 32.1. The van der Waals surface area contributed by atoms with Gasteiger partial charge >= 0.3 is 0 Å². The Morgan fingerprint density at radius 2 is 2.14 bits per heavy atom. The Labute approximate surface area is 85.7 Å². The van der Waals surface area contributed by atoms with Gasteiger partial charge in [-0.2, -0.15) is 12.6 Å². The number of nitro benzene ring substituents is 1. The van der Waals surface area contributed by atoms with Gasteiger partial charge in [0.2, 0.25) is 5.91 Å². The summed E-state index contributed by atoms with van der Waals surface area (Å²) in [4.78, 5) is 20.9. The van der Waals surface area contributed by atoms with Crippen molar-refractivity contribution in [2.75, 3.05) is 11.1 Å². The van der Waals surface area contributed by atoms with Gasteiger partial charge in [0, 0.05) is 6.07 Å². The Morgan fingerprint density at radius 3 is 2.71 bits per heavy atom. The first-order valence-electron chi connectivity index (χ1n) is 3.79. The van der Waals surface area contributed by atoms with Crippen LogP contribution in [-0.4, -0.2) is 16.6 Å². The van der Waals surface area contributed by atoms with Crippen LogP contribution in [0.2, 0.25) is 0 Å². The second kappa shape index (κ2) is 4.61. The quantitative estimate of drug-likeness (QED) is 0.452. The lowest BCUT2D eigenvalue weighted by Crippen LogP contribution is -2.13. The molecule has 0 radical (unpaired) electrons. The maximum atomic E-state index is 10.9. The summed E-state index contributed by atoms with van der Waals surface area (Å²) in [5, 5.41) is 12.9. The number of nitrogens with one attached hydrogen (secondary N) is 1. The fraction of sp³-hybridized carbons (Fsp3) is 0.125. The van der Waals surface area contributed by atoms with Crippen LogP contribution in [0.25, 0.3) is 0 Å². The first-order valence-corrected chi connectivity index (χ1v) is 4.42. The molecule has 0 bridgehead atoms. The lowest BCUT2D eigenvalue weighted by molar-refractivity contribution is -0.383. The third-order valence-corrected chi connectivity index (χ3v) is 1.81. The predicted molar refractivity (Wildman–Crippen MR) is 55.6 cm³/mol. The molecule has 1 aromatic carbocycles. The highest BCUT2D eigenvalue weighted by Gasteiger charge is 2.13. The summed E-state index contributed by atoms with van der Waals surface area (Å²) >= 11 is 3.75. The van der Waals surface area contributed by atoms with Crippen molar-refractivity contribution in [3.8, 4) is 0 Å². The van der Waals surface area contributed by atoms with Gasteiger partial charge < -0.3 is 5.32 Å². The molecule has 5 nitrogen and oxygen atoms in total. The minimum atomic E-state index is -0.547. The molecule has 0 saturated heterocycles. The number of nitrogens with zero attached hydrogens (tertiary/aromatic N) is 1. The molecule has 0 atom stereocenters. The monoisotopic (exact) mass is 212 g/mol. The molecule has 0 aliphatic carbocycles. The Morgan fingerprint density at radius 1 is 1.50 bits per heavy atom. The number of hydrogen-bond acceptors (Lipinski definition) is 4. The van der Waals surface area contributed by atoms with E-state index in [1.165, 1.54) is 18.2 Å². The average molecular weight is 212 g/mol. The topological polar surface area (TPSA) is 72.2 Å². The molecular weight excluding hydrogens is 204 g/mol. The van der Waals surface area contributed by atoms with Crippen molar-refractivity contribution in [2.24, 2.45) is 0 Å². The zero-order valence-corrected chi connectivity index (χ0v) is 8.03. The van der Waals surface area contributed by atoms with Crippen LogP contribution in [0, 0.1) is 10.1 Å². The maximum absolute atomic E-state index is 10.9. The van der Waals surface area contributed by atoms with Gasteiger partial charge in [-0.1, -0.05) is 12.1 Å². The van der Waals surface area contributed by atoms with E-state index in [1.54, 1.807) is 6.07 Å². The summed E-state index contributed by atoms with van der Waals surface area (Å²) in [5.41, 5.74) is 0.0687. The number of rotatable bonds is 3. The fourth-order valence-corrected chi connectivity index (χ4v) is 1.01. The van der Waals surface area contributed by atoms with Crippen LogP contribution in [0.5, 0.6) is 0 Å². The van der Waals surface area contributed by atoms with E-state index in [0.717, 1.165) is 0 Å². The number of benzene rings is 1. The molecule has 0 spiro atoms. The Balaban J connectivity index is 2.95.